The van der Waals surface area contributed by atoms with Gasteiger partial charge in [-0.3, -0.25) is 0 Å². The van der Waals surface area contributed by atoms with Crippen molar-refractivity contribution in [2.24, 2.45) is 16.1 Å². The van der Waals surface area contributed by atoms with E-state index >= 15 is 0 Å². The summed E-state index contributed by atoms with van der Waals surface area (Å²) in [5.41, 5.74) is 1.25. The molecule has 5 heteroatoms. The first-order chi connectivity index (χ1) is 8.08. The summed E-state index contributed by atoms with van der Waals surface area (Å²) < 4.78 is 0. The number of nitroso groups, excluding NO2 is 1. The van der Waals surface area contributed by atoms with Gasteiger partial charge in [0.25, 0.3) is 0 Å². The number of amidine groups is 1. The third-order valence-corrected chi connectivity index (χ3v) is 2.82. The molecule has 0 saturated heterocycles. The summed E-state index contributed by atoms with van der Waals surface area (Å²) >= 11 is 6.10. The highest BCUT2D eigenvalue weighted by Gasteiger charge is 2.16. The van der Waals surface area contributed by atoms with E-state index in [0.717, 1.165) is 18.5 Å². The van der Waals surface area contributed by atoms with E-state index < -0.39 is 0 Å². The molecule has 0 amide bonds. The molecule has 0 fully saturated rings. The van der Waals surface area contributed by atoms with Gasteiger partial charge < -0.3 is 5.32 Å². The Morgan fingerprint density at radius 2 is 2.41 bits per heavy atom. The number of nitrogens with one attached hydrogen (secondary N) is 1. The van der Waals surface area contributed by atoms with E-state index in [-0.39, 0.29) is 5.84 Å². The van der Waals surface area contributed by atoms with Crippen LogP contribution in [0.5, 0.6) is 0 Å². The van der Waals surface area contributed by atoms with Crippen LogP contribution in [0.15, 0.2) is 45.2 Å². The highest BCUT2D eigenvalue weighted by atomic mass is 35.5. The van der Waals surface area contributed by atoms with Gasteiger partial charge in [0.15, 0.2) is 5.84 Å². The number of hydrogen-bond donors (Lipinski definition) is 1. The molecule has 1 rings (SSSR count). The lowest BCUT2D eigenvalue weighted by molar-refractivity contribution is 0.598. The fourth-order valence-corrected chi connectivity index (χ4v) is 1.92. The summed E-state index contributed by atoms with van der Waals surface area (Å²) in [5, 5.41) is 6.48. The molecular formula is C12H16ClN3O. The van der Waals surface area contributed by atoms with E-state index in [1.54, 1.807) is 0 Å². The van der Waals surface area contributed by atoms with Gasteiger partial charge in [-0.1, -0.05) is 30.3 Å². The van der Waals surface area contributed by atoms with Crippen LogP contribution in [0, 0.1) is 10.8 Å². The molecule has 0 aromatic carbocycles. The van der Waals surface area contributed by atoms with Crippen molar-refractivity contribution in [3.8, 4) is 0 Å². The number of aliphatic imine (C=N–C) groups is 1. The van der Waals surface area contributed by atoms with Crippen molar-refractivity contribution >= 4 is 17.4 Å². The van der Waals surface area contributed by atoms with Crippen LogP contribution in [0.1, 0.15) is 13.3 Å². The Balaban J connectivity index is 2.89. The maximum Gasteiger partial charge on any atom is 0.170 e. The monoisotopic (exact) mass is 253 g/mol. The molecule has 1 atom stereocenters. The molecule has 0 radical (unpaired) electrons. The number of rotatable bonds is 4. The van der Waals surface area contributed by atoms with Gasteiger partial charge in [0.2, 0.25) is 0 Å². The molecule has 0 aromatic heterocycles. The number of nitrogens with zero attached hydrogens (tertiary/aromatic N) is 2. The molecule has 0 aliphatic heterocycles. The highest BCUT2D eigenvalue weighted by Crippen LogP contribution is 2.30. The highest BCUT2D eigenvalue weighted by molar-refractivity contribution is 6.32. The topological polar surface area (TPSA) is 53.8 Å². The van der Waals surface area contributed by atoms with E-state index in [9.17, 15) is 4.91 Å². The van der Waals surface area contributed by atoms with Gasteiger partial charge >= 0.3 is 0 Å². The van der Waals surface area contributed by atoms with Gasteiger partial charge in [-0.05, 0) is 31.5 Å². The van der Waals surface area contributed by atoms with Crippen molar-refractivity contribution < 1.29 is 0 Å². The minimum Gasteiger partial charge on any atom is -0.319 e. The van der Waals surface area contributed by atoms with Crippen LogP contribution in [0.4, 0.5) is 0 Å². The smallest absolute Gasteiger partial charge is 0.170 e. The lowest BCUT2D eigenvalue weighted by atomic mass is 9.94. The molecular weight excluding hydrogens is 238 g/mol. The zero-order chi connectivity index (χ0) is 12.8. The predicted octanol–water partition coefficient (Wildman–Crippen LogP) is 2.97. The van der Waals surface area contributed by atoms with Gasteiger partial charge in [-0.2, -0.15) is 0 Å². The van der Waals surface area contributed by atoms with Crippen molar-refractivity contribution in [2.45, 2.75) is 13.3 Å². The Bertz CT molecular complexity index is 410. The zero-order valence-corrected chi connectivity index (χ0v) is 10.8. The van der Waals surface area contributed by atoms with E-state index in [0.29, 0.717) is 16.6 Å². The minimum atomic E-state index is 0.149. The quantitative estimate of drug-likeness (QED) is 0.476. The average molecular weight is 254 g/mol. The van der Waals surface area contributed by atoms with Gasteiger partial charge in [-0.25, -0.2) is 4.99 Å². The normalized spacial score (nSPS) is 20.6. The van der Waals surface area contributed by atoms with E-state index in [2.05, 4.69) is 22.1 Å². The van der Waals surface area contributed by atoms with Crippen molar-refractivity contribution in [2.75, 3.05) is 13.6 Å². The summed E-state index contributed by atoms with van der Waals surface area (Å²) in [4.78, 5) is 14.3. The molecule has 1 N–H and O–H groups in total. The molecule has 0 bridgehead atoms. The second-order valence-corrected chi connectivity index (χ2v) is 4.29. The molecule has 92 valence electrons. The lowest BCUT2D eigenvalue weighted by Crippen LogP contribution is -2.18. The van der Waals surface area contributed by atoms with Crippen LogP contribution >= 0.6 is 11.6 Å². The summed E-state index contributed by atoms with van der Waals surface area (Å²) in [5.74, 6) is 0.519. The van der Waals surface area contributed by atoms with Crippen LogP contribution in [0.25, 0.3) is 0 Å². The Hall–Kier alpha value is -1.26. The number of allylic oxidation sites excluding steroid dienone is 2. The molecule has 1 unspecified atom stereocenters. The van der Waals surface area contributed by atoms with Crippen LogP contribution in [-0.4, -0.2) is 19.4 Å². The second kappa shape index (κ2) is 6.47. The van der Waals surface area contributed by atoms with Crippen LogP contribution < -0.4 is 5.32 Å². The van der Waals surface area contributed by atoms with Crippen molar-refractivity contribution in [1.29, 1.82) is 0 Å². The predicted molar refractivity (Wildman–Crippen MR) is 72.1 cm³/mol. The number of halogens is 1. The molecule has 4 nitrogen and oxygen atoms in total. The first-order valence-corrected chi connectivity index (χ1v) is 5.76. The zero-order valence-electron chi connectivity index (χ0n) is 10.0. The fraction of sp³-hybridized carbons (Fsp3) is 0.417. The first kappa shape index (κ1) is 13.8. The van der Waals surface area contributed by atoms with Crippen molar-refractivity contribution in [1.82, 2.24) is 5.32 Å². The average Bonchev–Trinajstić information content (AvgIpc) is 2.31. The first-order valence-electron chi connectivity index (χ1n) is 5.38. The van der Waals surface area contributed by atoms with E-state index in [4.69, 9.17) is 11.6 Å². The standard InChI is InChI=1S/C12H16ClN3O/c1-8(15-9(2)16-17)11-6-10(7-14-3)4-5-12(11)13/h5-6,10,14H,1,4,7H2,2-3H3/b15-9+. The SMILES string of the molecule is C=C(/N=C(\C)N=O)C1=CC(CNC)CC=C1Cl. The van der Waals surface area contributed by atoms with Gasteiger partial charge in [0.05, 0.1) is 5.70 Å². The minimum absolute atomic E-state index is 0.149. The third-order valence-electron chi connectivity index (χ3n) is 2.47. The van der Waals surface area contributed by atoms with Crippen molar-refractivity contribution in [3.63, 3.8) is 0 Å². The van der Waals surface area contributed by atoms with Crippen molar-refractivity contribution in [3.05, 3.63) is 39.9 Å². The summed E-state index contributed by atoms with van der Waals surface area (Å²) in [6.07, 6.45) is 4.87. The van der Waals surface area contributed by atoms with E-state index in [1.807, 2.05) is 19.2 Å². The van der Waals surface area contributed by atoms with Gasteiger partial charge in [0.1, 0.15) is 0 Å². The van der Waals surface area contributed by atoms with Gasteiger partial charge in [0, 0.05) is 17.2 Å². The molecule has 0 aromatic rings. The maximum atomic E-state index is 10.3. The molecule has 0 saturated carbocycles. The second-order valence-electron chi connectivity index (χ2n) is 3.88. The van der Waals surface area contributed by atoms with E-state index in [1.165, 1.54) is 6.92 Å². The molecule has 0 heterocycles. The molecule has 1 aliphatic carbocycles. The van der Waals surface area contributed by atoms with Crippen LogP contribution in [-0.2, 0) is 0 Å². The van der Waals surface area contributed by atoms with Gasteiger partial charge in [-0.15, -0.1) is 4.91 Å². The molecule has 1 aliphatic rings. The third kappa shape index (κ3) is 3.91. The largest absolute Gasteiger partial charge is 0.319 e. The Morgan fingerprint density at radius 3 is 3.00 bits per heavy atom. The Kier molecular flexibility index (Phi) is 5.25. The Morgan fingerprint density at radius 1 is 1.71 bits per heavy atom. The fourth-order valence-electron chi connectivity index (χ4n) is 1.66. The molecule has 0 spiro atoms. The summed E-state index contributed by atoms with van der Waals surface area (Å²) in [6.45, 7) is 6.21. The maximum absolute atomic E-state index is 10.3. The Labute approximate surface area is 106 Å². The number of hydrogen-bond acceptors (Lipinski definition) is 3. The van der Waals surface area contributed by atoms with Crippen LogP contribution in [0.2, 0.25) is 0 Å². The molecule has 17 heavy (non-hydrogen) atoms. The summed E-state index contributed by atoms with van der Waals surface area (Å²) in [6, 6.07) is 0. The van der Waals surface area contributed by atoms with Crippen LogP contribution in [0.3, 0.4) is 0 Å². The lowest BCUT2D eigenvalue weighted by Gasteiger charge is -2.18. The summed E-state index contributed by atoms with van der Waals surface area (Å²) in [7, 11) is 1.90.